The fourth-order valence-corrected chi connectivity index (χ4v) is 3.10. The van der Waals surface area contributed by atoms with Crippen molar-refractivity contribution in [2.75, 3.05) is 27.9 Å². The maximum Gasteiger partial charge on any atom is 0.334 e. The van der Waals surface area contributed by atoms with E-state index < -0.39 is 17.5 Å². The van der Waals surface area contributed by atoms with Crippen molar-refractivity contribution in [3.8, 4) is 0 Å². The van der Waals surface area contributed by atoms with Gasteiger partial charge >= 0.3 is 11.9 Å². The molecule has 0 aromatic rings. The second-order valence-corrected chi connectivity index (χ2v) is 6.40. The van der Waals surface area contributed by atoms with Gasteiger partial charge in [-0.1, -0.05) is 12.2 Å². The summed E-state index contributed by atoms with van der Waals surface area (Å²) in [5.74, 6) is -0.614. The van der Waals surface area contributed by atoms with Gasteiger partial charge in [0.1, 0.15) is 0 Å². The van der Waals surface area contributed by atoms with E-state index in [1.807, 2.05) is 26.0 Å². The number of carbonyl (C=O) groups excluding carboxylic acids is 2. The fraction of sp³-hybridized carbons (Fsp3) is 0.765. The Morgan fingerprint density at radius 3 is 2.35 bits per heavy atom. The molecule has 6 nitrogen and oxygen atoms in total. The molecule has 0 amide bonds. The Hall–Kier alpha value is -1.40. The first-order valence-corrected chi connectivity index (χ1v) is 7.76. The van der Waals surface area contributed by atoms with E-state index in [-0.39, 0.29) is 23.9 Å². The largest absolute Gasteiger partial charge is 0.469 e. The summed E-state index contributed by atoms with van der Waals surface area (Å²) in [4.78, 5) is 23.7. The highest BCUT2D eigenvalue weighted by atomic mass is 16.6. The second-order valence-electron chi connectivity index (χ2n) is 6.40. The zero-order chi connectivity index (χ0) is 17.6. The van der Waals surface area contributed by atoms with Crippen LogP contribution in [0.4, 0.5) is 0 Å². The first-order valence-electron chi connectivity index (χ1n) is 7.76. The van der Waals surface area contributed by atoms with Crippen molar-refractivity contribution < 1.29 is 28.5 Å². The fourth-order valence-electron chi connectivity index (χ4n) is 3.10. The van der Waals surface area contributed by atoms with E-state index in [4.69, 9.17) is 14.2 Å². The van der Waals surface area contributed by atoms with Crippen LogP contribution >= 0.6 is 0 Å². The molecule has 0 fully saturated rings. The number of hydrogen-bond donors (Lipinski definition) is 0. The van der Waals surface area contributed by atoms with Crippen LogP contribution in [0.1, 0.15) is 27.2 Å². The third-order valence-electron chi connectivity index (χ3n) is 4.49. The van der Waals surface area contributed by atoms with E-state index in [1.165, 1.54) is 14.2 Å². The molecule has 0 aliphatic heterocycles. The molecule has 23 heavy (non-hydrogen) atoms. The average molecular weight is 328 g/mol. The average Bonchev–Trinajstić information content (AvgIpc) is 2.54. The molecule has 0 aromatic heterocycles. The first-order chi connectivity index (χ1) is 10.8. The monoisotopic (exact) mass is 328 g/mol. The quantitative estimate of drug-likeness (QED) is 0.526. The van der Waals surface area contributed by atoms with Crippen LogP contribution in [0.2, 0.25) is 0 Å². The third-order valence-corrected chi connectivity index (χ3v) is 4.49. The zero-order valence-corrected chi connectivity index (χ0v) is 14.8. The predicted molar refractivity (Wildman–Crippen MR) is 84.8 cm³/mol. The lowest BCUT2D eigenvalue weighted by atomic mass is 9.67. The maximum absolute atomic E-state index is 12.2. The van der Waals surface area contributed by atoms with Gasteiger partial charge in [-0.3, -0.25) is 4.79 Å². The van der Waals surface area contributed by atoms with Gasteiger partial charge in [-0.2, -0.15) is 0 Å². The Morgan fingerprint density at radius 2 is 1.83 bits per heavy atom. The van der Waals surface area contributed by atoms with Crippen LogP contribution in [0.3, 0.4) is 0 Å². The third kappa shape index (κ3) is 4.78. The Kier molecular flexibility index (Phi) is 7.22. The highest BCUT2D eigenvalue weighted by molar-refractivity contribution is 5.76. The molecule has 0 aromatic carbocycles. The lowest BCUT2D eigenvalue weighted by molar-refractivity contribution is -0.161. The van der Waals surface area contributed by atoms with Gasteiger partial charge < -0.3 is 18.9 Å². The van der Waals surface area contributed by atoms with E-state index >= 15 is 0 Å². The van der Waals surface area contributed by atoms with Gasteiger partial charge in [-0.05, 0) is 33.1 Å². The minimum atomic E-state index is -0.682. The summed E-state index contributed by atoms with van der Waals surface area (Å²) < 4.78 is 20.7. The number of hydrogen-bond acceptors (Lipinski definition) is 6. The molecule has 4 atom stereocenters. The van der Waals surface area contributed by atoms with Crippen molar-refractivity contribution in [3.63, 3.8) is 0 Å². The van der Waals surface area contributed by atoms with Crippen LogP contribution < -0.4 is 0 Å². The van der Waals surface area contributed by atoms with Gasteiger partial charge in [0.25, 0.3) is 0 Å². The molecule has 0 bridgehead atoms. The van der Waals surface area contributed by atoms with Crippen molar-refractivity contribution in [2.45, 2.75) is 39.4 Å². The van der Waals surface area contributed by atoms with Crippen LogP contribution in [0.15, 0.2) is 12.2 Å². The summed E-state index contributed by atoms with van der Waals surface area (Å²) in [6, 6.07) is 0. The Bertz CT molecular complexity index is 442. The van der Waals surface area contributed by atoms with Crippen LogP contribution in [0, 0.1) is 17.3 Å². The van der Waals surface area contributed by atoms with Crippen molar-refractivity contribution in [1.82, 2.24) is 0 Å². The maximum atomic E-state index is 12.2. The van der Waals surface area contributed by atoms with Crippen LogP contribution in [-0.4, -0.2) is 52.1 Å². The highest BCUT2D eigenvalue weighted by Crippen LogP contribution is 2.41. The molecule has 132 valence electrons. The summed E-state index contributed by atoms with van der Waals surface area (Å²) >= 11 is 0. The lowest BCUT2D eigenvalue weighted by Gasteiger charge is -2.40. The molecule has 0 saturated heterocycles. The molecule has 1 aliphatic rings. The Balaban J connectivity index is 2.92. The van der Waals surface area contributed by atoms with E-state index in [2.05, 4.69) is 4.74 Å². The van der Waals surface area contributed by atoms with Gasteiger partial charge in [0.15, 0.2) is 6.10 Å². The van der Waals surface area contributed by atoms with Gasteiger partial charge in [-0.15, -0.1) is 0 Å². The molecule has 6 heteroatoms. The van der Waals surface area contributed by atoms with Crippen LogP contribution in [0.25, 0.3) is 0 Å². The van der Waals surface area contributed by atoms with Crippen LogP contribution in [0.5, 0.6) is 0 Å². The standard InChI is InChI=1S/C17H28O6/c1-11(15(18)21-5)23-13-8-7-12(10-20-4)14(9-13)17(2,3)16(19)22-6/h7-8,11-14H,9-10H2,1-6H3/t11-,12-,13+,14-/m1/s1. The van der Waals surface area contributed by atoms with Gasteiger partial charge in [0.2, 0.25) is 0 Å². The number of rotatable bonds is 7. The molecule has 0 unspecified atom stereocenters. The van der Waals surface area contributed by atoms with E-state index in [9.17, 15) is 9.59 Å². The molecule has 0 saturated carbocycles. The number of carbonyl (C=O) groups is 2. The Morgan fingerprint density at radius 1 is 1.17 bits per heavy atom. The highest BCUT2D eigenvalue weighted by Gasteiger charge is 2.44. The van der Waals surface area contributed by atoms with E-state index in [0.29, 0.717) is 13.0 Å². The van der Waals surface area contributed by atoms with E-state index in [0.717, 1.165) is 0 Å². The van der Waals surface area contributed by atoms with Crippen molar-refractivity contribution in [2.24, 2.45) is 17.3 Å². The molecule has 0 radical (unpaired) electrons. The number of methoxy groups -OCH3 is 3. The minimum Gasteiger partial charge on any atom is -0.469 e. The molecule has 0 heterocycles. The van der Waals surface area contributed by atoms with Crippen LogP contribution in [-0.2, 0) is 28.5 Å². The number of esters is 2. The lowest BCUT2D eigenvalue weighted by Crippen LogP contribution is -2.43. The zero-order valence-electron chi connectivity index (χ0n) is 14.8. The van der Waals surface area contributed by atoms with Crippen molar-refractivity contribution in [3.05, 3.63) is 12.2 Å². The smallest absolute Gasteiger partial charge is 0.334 e. The predicted octanol–water partition coefficient (Wildman–Crippen LogP) is 1.97. The first kappa shape index (κ1) is 19.6. The van der Waals surface area contributed by atoms with Gasteiger partial charge in [0.05, 0.1) is 32.3 Å². The summed E-state index contributed by atoms with van der Waals surface area (Å²) in [6.07, 6.45) is 3.61. The van der Waals surface area contributed by atoms with Crippen molar-refractivity contribution in [1.29, 1.82) is 0 Å². The molecular weight excluding hydrogens is 300 g/mol. The topological polar surface area (TPSA) is 71.1 Å². The normalized spacial score (nSPS) is 25.7. The summed E-state index contributed by atoms with van der Waals surface area (Å²) in [7, 11) is 4.36. The summed E-state index contributed by atoms with van der Waals surface area (Å²) in [6.45, 7) is 5.90. The summed E-state index contributed by atoms with van der Waals surface area (Å²) in [5, 5.41) is 0. The molecule has 1 rings (SSSR count). The minimum absolute atomic E-state index is 0.0188. The SMILES string of the molecule is COC[C@H]1C=C[C@H](O[C@H](C)C(=O)OC)C[C@H]1C(C)(C)C(=O)OC. The number of ether oxygens (including phenoxy) is 4. The molecule has 0 N–H and O–H groups in total. The Labute approximate surface area is 138 Å². The summed E-state index contributed by atoms with van der Waals surface area (Å²) in [5.41, 5.74) is -0.682. The molecular formula is C17H28O6. The second kappa shape index (κ2) is 8.45. The van der Waals surface area contributed by atoms with E-state index in [1.54, 1.807) is 14.0 Å². The molecule has 1 aliphatic carbocycles. The van der Waals surface area contributed by atoms with Gasteiger partial charge in [0, 0.05) is 13.0 Å². The molecule has 0 spiro atoms. The van der Waals surface area contributed by atoms with Gasteiger partial charge in [-0.25, -0.2) is 4.79 Å². The van der Waals surface area contributed by atoms with Crippen molar-refractivity contribution >= 4 is 11.9 Å².